The van der Waals surface area contributed by atoms with E-state index in [0.717, 1.165) is 23.1 Å². The molecule has 1 unspecified atom stereocenters. The molecule has 6 rings (SSSR count). The van der Waals surface area contributed by atoms with Crippen LogP contribution in [-0.2, 0) is 20.4 Å². The summed E-state index contributed by atoms with van der Waals surface area (Å²) in [7, 11) is -3.68. The second-order valence-corrected chi connectivity index (χ2v) is 12.9. The van der Waals surface area contributed by atoms with Crippen LogP contribution in [0.15, 0.2) is 31.0 Å². The van der Waals surface area contributed by atoms with Gasteiger partial charge in [-0.1, -0.05) is 13.8 Å². The number of carbonyl (C=O) groups excluding carboxylic acids is 1. The van der Waals surface area contributed by atoms with Crippen LogP contribution in [0, 0.1) is 28.1 Å². The summed E-state index contributed by atoms with van der Waals surface area (Å²) < 4.78 is 30.1. The molecule has 2 atom stereocenters. The van der Waals surface area contributed by atoms with E-state index in [0.29, 0.717) is 18.5 Å². The highest BCUT2D eigenvalue weighted by molar-refractivity contribution is 7.89. The van der Waals surface area contributed by atoms with E-state index in [1.54, 1.807) is 17.1 Å². The molecule has 2 aliphatic carbocycles. The lowest BCUT2D eigenvalue weighted by molar-refractivity contribution is -0.128. The summed E-state index contributed by atoms with van der Waals surface area (Å²) in [6.45, 7) is 4.39. The maximum Gasteiger partial charge on any atom is 0.215 e. The highest BCUT2D eigenvalue weighted by atomic mass is 32.2. The lowest BCUT2D eigenvalue weighted by Gasteiger charge is -2.49. The smallest absolute Gasteiger partial charge is 0.215 e. The fraction of sp³-hybridized carbons (Fsp3) is 0.542. The van der Waals surface area contributed by atoms with Gasteiger partial charge in [0.1, 0.15) is 23.3 Å². The predicted molar refractivity (Wildman–Crippen MR) is 127 cm³/mol. The van der Waals surface area contributed by atoms with Gasteiger partial charge >= 0.3 is 0 Å². The second kappa shape index (κ2) is 7.21. The van der Waals surface area contributed by atoms with Gasteiger partial charge in [0.2, 0.25) is 10.0 Å². The normalized spacial score (nSPS) is 27.2. The van der Waals surface area contributed by atoms with Crippen molar-refractivity contribution in [3.63, 3.8) is 0 Å². The standard InChI is InChI=1S/C24H27N7O3S/c1-22(2)17-3-5-24(22,19(32)9-17)14-35(33,34)30-12-23(13-30,6-7-25)31-11-16(10-29-31)20-18-4-8-26-21(18)28-15-27-20/h4,8,10-11,15,17H,3,5-6,9,12-14H2,1-2H3,(H,26,27,28)/t17?,24-/m1/s1. The molecular formula is C24H27N7O3S. The Hall–Kier alpha value is -3.10. The van der Waals surface area contributed by atoms with Crippen LogP contribution >= 0.6 is 0 Å². The Balaban J connectivity index is 1.26. The van der Waals surface area contributed by atoms with Crippen LogP contribution < -0.4 is 0 Å². The van der Waals surface area contributed by atoms with E-state index in [4.69, 9.17) is 0 Å². The molecule has 0 amide bonds. The lowest BCUT2D eigenvalue weighted by Crippen LogP contribution is -2.65. The van der Waals surface area contributed by atoms with E-state index < -0.39 is 21.0 Å². The fourth-order valence-electron chi connectivity index (χ4n) is 6.61. The van der Waals surface area contributed by atoms with Crippen molar-refractivity contribution in [1.82, 2.24) is 29.0 Å². The number of nitriles is 1. The lowest BCUT2D eigenvalue weighted by atomic mass is 9.70. The fourth-order valence-corrected chi connectivity index (χ4v) is 8.97. The van der Waals surface area contributed by atoms with Gasteiger partial charge in [-0.15, -0.1) is 0 Å². The van der Waals surface area contributed by atoms with Gasteiger partial charge in [-0.2, -0.15) is 14.7 Å². The third-order valence-corrected chi connectivity index (χ3v) is 10.9. The van der Waals surface area contributed by atoms with Crippen LogP contribution in [0.2, 0.25) is 0 Å². The molecule has 3 fully saturated rings. The third-order valence-electron chi connectivity index (χ3n) is 9.01. The Morgan fingerprint density at radius 3 is 2.77 bits per heavy atom. The number of aromatic nitrogens is 5. The molecule has 4 heterocycles. The Morgan fingerprint density at radius 1 is 1.29 bits per heavy atom. The molecule has 3 aliphatic rings. The number of carbonyl (C=O) groups is 1. The molecule has 182 valence electrons. The Kier molecular flexibility index (Phi) is 4.61. The van der Waals surface area contributed by atoms with Crippen molar-refractivity contribution < 1.29 is 13.2 Å². The number of aromatic amines is 1. The zero-order chi connectivity index (χ0) is 24.6. The monoisotopic (exact) mass is 493 g/mol. The predicted octanol–water partition coefficient (Wildman–Crippen LogP) is 2.47. The molecule has 1 saturated heterocycles. The Morgan fingerprint density at radius 2 is 2.09 bits per heavy atom. The second-order valence-electron chi connectivity index (χ2n) is 10.9. The van der Waals surface area contributed by atoms with Gasteiger partial charge in [-0.25, -0.2) is 18.4 Å². The first kappa shape index (κ1) is 22.4. The zero-order valence-corrected chi connectivity index (χ0v) is 20.5. The number of nitrogens with one attached hydrogen (secondary N) is 1. The molecule has 0 spiro atoms. The summed E-state index contributed by atoms with van der Waals surface area (Å²) in [5.74, 6) is 0.195. The first-order valence-corrected chi connectivity index (χ1v) is 13.4. The first-order chi connectivity index (χ1) is 16.6. The molecule has 10 nitrogen and oxygen atoms in total. The molecule has 1 N–H and O–H groups in total. The molecule has 3 aromatic rings. The van der Waals surface area contributed by atoms with Gasteiger partial charge in [0, 0.05) is 48.3 Å². The van der Waals surface area contributed by atoms with E-state index in [-0.39, 0.29) is 42.4 Å². The topological polar surface area (TPSA) is 138 Å². The van der Waals surface area contributed by atoms with Crippen molar-refractivity contribution in [2.75, 3.05) is 18.8 Å². The Labute approximate surface area is 203 Å². The van der Waals surface area contributed by atoms with Crippen molar-refractivity contribution in [2.45, 2.75) is 45.1 Å². The minimum absolute atomic E-state index is 0.0868. The average molecular weight is 494 g/mol. The van der Waals surface area contributed by atoms with E-state index >= 15 is 0 Å². The summed E-state index contributed by atoms with van der Waals surface area (Å²) in [4.78, 5) is 24.6. The van der Waals surface area contributed by atoms with E-state index in [9.17, 15) is 18.5 Å². The maximum atomic E-state index is 13.5. The molecule has 3 aromatic heterocycles. The van der Waals surface area contributed by atoms with Crippen LogP contribution in [0.3, 0.4) is 0 Å². The largest absolute Gasteiger partial charge is 0.346 e. The van der Waals surface area contributed by atoms with E-state index in [1.807, 2.05) is 26.1 Å². The van der Waals surface area contributed by atoms with Crippen LogP contribution in [0.1, 0.15) is 39.5 Å². The number of hydrogen-bond donors (Lipinski definition) is 1. The number of sulfonamides is 1. The Bertz CT molecular complexity index is 1490. The number of H-pyrrole nitrogens is 1. The molecule has 11 heteroatoms. The van der Waals surface area contributed by atoms with E-state index in [2.05, 4.69) is 26.1 Å². The first-order valence-electron chi connectivity index (χ1n) is 11.8. The van der Waals surface area contributed by atoms with E-state index in [1.165, 1.54) is 10.6 Å². The summed E-state index contributed by atoms with van der Waals surface area (Å²) in [5, 5.41) is 14.9. The number of Topliss-reactive ketones (excluding diaryl/α,β-unsaturated/α-hetero) is 1. The minimum atomic E-state index is -3.68. The van der Waals surface area contributed by atoms with Gasteiger partial charge in [0.25, 0.3) is 0 Å². The van der Waals surface area contributed by atoms with Crippen LogP contribution in [0.4, 0.5) is 0 Å². The van der Waals surface area contributed by atoms with Crippen molar-refractivity contribution >= 4 is 26.8 Å². The van der Waals surface area contributed by atoms with Gasteiger partial charge in [0.15, 0.2) is 0 Å². The average Bonchev–Trinajstić information content (AvgIpc) is 3.53. The van der Waals surface area contributed by atoms with Crippen molar-refractivity contribution in [1.29, 1.82) is 5.26 Å². The highest BCUT2D eigenvalue weighted by Crippen LogP contribution is 2.64. The summed E-state index contributed by atoms with van der Waals surface area (Å²) >= 11 is 0. The third kappa shape index (κ3) is 2.99. The number of fused-ring (bicyclic) bond motifs is 3. The summed E-state index contributed by atoms with van der Waals surface area (Å²) in [6, 6.07) is 4.10. The van der Waals surface area contributed by atoms with Gasteiger partial charge in [0.05, 0.1) is 30.1 Å². The highest BCUT2D eigenvalue weighted by Gasteiger charge is 2.66. The van der Waals surface area contributed by atoms with Crippen molar-refractivity contribution in [3.05, 3.63) is 31.0 Å². The molecule has 1 aliphatic heterocycles. The number of nitrogens with zero attached hydrogens (tertiary/aromatic N) is 6. The molecule has 35 heavy (non-hydrogen) atoms. The minimum Gasteiger partial charge on any atom is -0.346 e. The summed E-state index contributed by atoms with van der Waals surface area (Å²) in [5.41, 5.74) is 0.324. The van der Waals surface area contributed by atoms with Crippen LogP contribution in [0.25, 0.3) is 22.3 Å². The number of hydrogen-bond acceptors (Lipinski definition) is 7. The quantitative estimate of drug-likeness (QED) is 0.557. The SMILES string of the molecule is CC1(C)C2CC[C@@]1(CS(=O)(=O)N1CC(CC#N)(n3cc(-c4ncnc5[nH]ccc45)cn3)C1)C(=O)C2. The number of rotatable bonds is 6. The molecule has 0 radical (unpaired) electrons. The molecular weight excluding hydrogens is 466 g/mol. The molecule has 2 bridgehead atoms. The maximum absolute atomic E-state index is 13.5. The zero-order valence-electron chi connectivity index (χ0n) is 19.7. The molecule has 0 aromatic carbocycles. The summed E-state index contributed by atoms with van der Waals surface area (Å²) in [6.07, 6.45) is 8.92. The number of ketones is 1. The van der Waals surface area contributed by atoms with Crippen molar-refractivity contribution in [2.24, 2.45) is 16.7 Å². The van der Waals surface area contributed by atoms with Crippen LogP contribution in [0.5, 0.6) is 0 Å². The van der Waals surface area contributed by atoms with Crippen LogP contribution in [-0.4, -0.2) is 62.1 Å². The molecule has 2 saturated carbocycles. The van der Waals surface area contributed by atoms with Gasteiger partial charge < -0.3 is 4.98 Å². The van der Waals surface area contributed by atoms with Gasteiger partial charge in [-0.3, -0.25) is 9.48 Å². The van der Waals surface area contributed by atoms with Gasteiger partial charge in [-0.05, 0) is 30.2 Å². The van der Waals surface area contributed by atoms with Crippen molar-refractivity contribution in [3.8, 4) is 17.3 Å².